The largest absolute Gasteiger partial charge is 0.346 e. The molecule has 2 aromatic rings. The number of thiazole rings is 1. The van der Waals surface area contributed by atoms with Crippen molar-refractivity contribution in [3.05, 3.63) is 39.6 Å². The van der Waals surface area contributed by atoms with Crippen molar-refractivity contribution in [2.75, 3.05) is 5.43 Å². The minimum absolute atomic E-state index is 0.230. The molecule has 0 fully saturated rings. The van der Waals surface area contributed by atoms with Gasteiger partial charge in [-0.25, -0.2) is 4.98 Å². The van der Waals surface area contributed by atoms with E-state index in [9.17, 15) is 4.79 Å². The summed E-state index contributed by atoms with van der Waals surface area (Å²) in [6.07, 6.45) is 1.51. The zero-order valence-electron chi connectivity index (χ0n) is 10.7. The van der Waals surface area contributed by atoms with E-state index in [2.05, 4.69) is 20.7 Å². The summed E-state index contributed by atoms with van der Waals surface area (Å²) in [6.45, 7) is 4.15. The van der Waals surface area contributed by atoms with Crippen molar-refractivity contribution >= 4 is 22.9 Å². The van der Waals surface area contributed by atoms with Gasteiger partial charge in [0.25, 0.3) is 5.91 Å². The molecule has 0 aliphatic rings. The predicted molar refractivity (Wildman–Crippen MR) is 74.8 cm³/mol. The van der Waals surface area contributed by atoms with Crippen molar-refractivity contribution in [3.63, 3.8) is 0 Å². The Bertz CT molecular complexity index is 596. The van der Waals surface area contributed by atoms with Crippen LogP contribution in [-0.4, -0.2) is 15.9 Å². The van der Waals surface area contributed by atoms with E-state index in [0.29, 0.717) is 17.8 Å². The number of nitrogens with zero attached hydrogens (tertiary/aromatic N) is 2. The van der Waals surface area contributed by atoms with E-state index in [1.54, 1.807) is 17.4 Å². The highest BCUT2D eigenvalue weighted by atomic mass is 32.1. The number of rotatable bonds is 4. The maximum Gasteiger partial charge on any atom is 0.255 e. The van der Waals surface area contributed by atoms with Gasteiger partial charge in [0.2, 0.25) is 0 Å². The number of nitrogens with one attached hydrogen (secondary N) is 2. The summed E-state index contributed by atoms with van der Waals surface area (Å²) >= 11 is 1.55. The number of pyridine rings is 1. The van der Waals surface area contributed by atoms with Crippen LogP contribution in [0, 0.1) is 13.8 Å². The summed E-state index contributed by atoms with van der Waals surface area (Å²) in [4.78, 5) is 20.4. The highest BCUT2D eigenvalue weighted by Crippen LogP contribution is 2.14. The summed E-state index contributed by atoms with van der Waals surface area (Å²) in [7, 11) is 0. The van der Waals surface area contributed by atoms with E-state index in [4.69, 9.17) is 5.84 Å². The Morgan fingerprint density at radius 3 is 2.89 bits per heavy atom. The molecule has 0 aliphatic carbocycles. The standard InChI is InChI=1S/C12H15N5OS/c1-7-3-11(17-13)10(5-14-7)12(18)15-4-9-6-19-8(2)16-9/h3,5-6H,4,13H2,1-2H3,(H,14,17)(H,15,18). The van der Waals surface area contributed by atoms with E-state index >= 15 is 0 Å². The van der Waals surface area contributed by atoms with E-state index in [-0.39, 0.29) is 5.91 Å². The molecule has 0 aromatic carbocycles. The summed E-state index contributed by atoms with van der Waals surface area (Å²) in [5.74, 6) is 5.17. The van der Waals surface area contributed by atoms with Crippen LogP contribution < -0.4 is 16.6 Å². The Morgan fingerprint density at radius 1 is 1.47 bits per heavy atom. The van der Waals surface area contributed by atoms with E-state index in [0.717, 1.165) is 16.4 Å². The number of aryl methyl sites for hydroxylation is 2. The Labute approximate surface area is 115 Å². The smallest absolute Gasteiger partial charge is 0.255 e. The van der Waals surface area contributed by atoms with Gasteiger partial charge in [-0.2, -0.15) is 0 Å². The van der Waals surface area contributed by atoms with Crippen LogP contribution in [0.5, 0.6) is 0 Å². The van der Waals surface area contributed by atoms with Gasteiger partial charge in [-0.3, -0.25) is 15.6 Å². The molecular formula is C12H15N5OS. The second kappa shape index (κ2) is 5.77. The maximum absolute atomic E-state index is 12.0. The molecule has 0 spiro atoms. The average Bonchev–Trinajstić information content (AvgIpc) is 2.81. The van der Waals surface area contributed by atoms with Crippen LogP contribution >= 0.6 is 11.3 Å². The van der Waals surface area contributed by atoms with E-state index in [1.165, 1.54) is 6.20 Å². The number of carbonyl (C=O) groups is 1. The van der Waals surface area contributed by atoms with Gasteiger partial charge in [-0.05, 0) is 19.9 Å². The van der Waals surface area contributed by atoms with Gasteiger partial charge >= 0.3 is 0 Å². The van der Waals surface area contributed by atoms with Crippen LogP contribution in [0.4, 0.5) is 5.69 Å². The molecule has 19 heavy (non-hydrogen) atoms. The Kier molecular flexibility index (Phi) is 4.08. The lowest BCUT2D eigenvalue weighted by Crippen LogP contribution is -2.25. The molecule has 0 aliphatic heterocycles. The number of hydrazine groups is 1. The second-order valence-electron chi connectivity index (χ2n) is 4.06. The molecule has 0 saturated carbocycles. The van der Waals surface area contributed by atoms with E-state index in [1.807, 2.05) is 19.2 Å². The van der Waals surface area contributed by atoms with E-state index < -0.39 is 0 Å². The zero-order valence-corrected chi connectivity index (χ0v) is 11.5. The fourth-order valence-corrected chi connectivity index (χ4v) is 2.23. The lowest BCUT2D eigenvalue weighted by atomic mass is 10.2. The summed E-state index contributed by atoms with van der Waals surface area (Å²) in [5, 5.41) is 5.69. The van der Waals surface area contributed by atoms with Gasteiger partial charge in [0.05, 0.1) is 28.5 Å². The molecule has 6 nitrogen and oxygen atoms in total. The summed E-state index contributed by atoms with van der Waals surface area (Å²) in [6, 6.07) is 1.72. The highest BCUT2D eigenvalue weighted by molar-refractivity contribution is 7.09. The molecule has 0 saturated heterocycles. The summed E-state index contributed by atoms with van der Waals surface area (Å²) in [5.41, 5.74) is 5.11. The van der Waals surface area contributed by atoms with Crippen molar-refractivity contribution in [1.29, 1.82) is 0 Å². The molecule has 2 rings (SSSR count). The molecule has 100 valence electrons. The molecule has 7 heteroatoms. The fraction of sp³-hybridized carbons (Fsp3) is 0.250. The third-order valence-corrected chi connectivity index (χ3v) is 3.36. The number of carbonyl (C=O) groups excluding carboxylic acids is 1. The highest BCUT2D eigenvalue weighted by Gasteiger charge is 2.12. The van der Waals surface area contributed by atoms with Gasteiger partial charge in [0, 0.05) is 17.3 Å². The maximum atomic E-state index is 12.0. The molecule has 1 amide bonds. The van der Waals surface area contributed by atoms with Gasteiger partial charge < -0.3 is 10.7 Å². The lowest BCUT2D eigenvalue weighted by Gasteiger charge is -2.09. The van der Waals surface area contributed by atoms with Crippen molar-refractivity contribution < 1.29 is 4.79 Å². The van der Waals surface area contributed by atoms with Crippen LogP contribution in [0.15, 0.2) is 17.6 Å². The number of hydrogen-bond acceptors (Lipinski definition) is 6. The molecule has 0 bridgehead atoms. The monoisotopic (exact) mass is 277 g/mol. The van der Waals surface area contributed by atoms with Crippen molar-refractivity contribution in [3.8, 4) is 0 Å². The van der Waals surface area contributed by atoms with Crippen molar-refractivity contribution in [2.24, 2.45) is 5.84 Å². The first-order chi connectivity index (χ1) is 9.10. The van der Waals surface area contributed by atoms with Crippen LogP contribution in [-0.2, 0) is 6.54 Å². The van der Waals surface area contributed by atoms with Crippen LogP contribution in [0.25, 0.3) is 0 Å². The van der Waals surface area contributed by atoms with Crippen LogP contribution in [0.1, 0.15) is 26.8 Å². The van der Waals surface area contributed by atoms with Crippen molar-refractivity contribution in [2.45, 2.75) is 20.4 Å². The normalized spacial score (nSPS) is 10.3. The van der Waals surface area contributed by atoms with Crippen LogP contribution in [0.3, 0.4) is 0 Å². The number of hydrogen-bond donors (Lipinski definition) is 3. The Balaban J connectivity index is 2.07. The van der Waals surface area contributed by atoms with Gasteiger partial charge in [0.15, 0.2) is 0 Å². The SMILES string of the molecule is Cc1cc(NN)c(C(=O)NCc2csc(C)n2)cn1. The first kappa shape index (κ1) is 13.4. The average molecular weight is 277 g/mol. The topological polar surface area (TPSA) is 92.9 Å². The van der Waals surface area contributed by atoms with Gasteiger partial charge in [0.1, 0.15) is 0 Å². The number of amides is 1. The second-order valence-corrected chi connectivity index (χ2v) is 5.12. The van der Waals surface area contributed by atoms with Crippen LogP contribution in [0.2, 0.25) is 0 Å². The molecule has 2 heterocycles. The Morgan fingerprint density at radius 2 is 2.26 bits per heavy atom. The van der Waals surface area contributed by atoms with Gasteiger partial charge in [-0.15, -0.1) is 11.3 Å². The molecule has 0 atom stereocenters. The molecular weight excluding hydrogens is 262 g/mol. The molecule has 4 N–H and O–H groups in total. The first-order valence-corrected chi connectivity index (χ1v) is 6.60. The minimum atomic E-state index is -0.230. The minimum Gasteiger partial charge on any atom is -0.346 e. The number of anilines is 1. The molecule has 0 radical (unpaired) electrons. The number of aromatic nitrogens is 2. The third kappa shape index (κ3) is 3.27. The fourth-order valence-electron chi connectivity index (χ4n) is 1.62. The summed E-state index contributed by atoms with van der Waals surface area (Å²) < 4.78 is 0. The van der Waals surface area contributed by atoms with Gasteiger partial charge in [-0.1, -0.05) is 0 Å². The Hall–Kier alpha value is -1.99. The lowest BCUT2D eigenvalue weighted by molar-refractivity contribution is 0.0951. The first-order valence-electron chi connectivity index (χ1n) is 5.72. The quantitative estimate of drug-likeness (QED) is 0.580. The zero-order chi connectivity index (χ0) is 13.8. The number of nitrogens with two attached hydrogens (primary N) is 1. The van der Waals surface area contributed by atoms with Crippen molar-refractivity contribution in [1.82, 2.24) is 15.3 Å². The number of nitrogen functional groups attached to an aromatic ring is 1. The third-order valence-electron chi connectivity index (χ3n) is 2.54. The predicted octanol–water partition coefficient (Wildman–Crippen LogP) is 1.37. The molecule has 0 unspecified atom stereocenters. The molecule has 2 aromatic heterocycles.